The molecule has 0 unspecified atom stereocenters. The molecule has 0 aromatic heterocycles. The number of benzene rings is 2. The molecule has 136 valence electrons. The molecule has 0 aliphatic heterocycles. The molecule has 1 fully saturated rings. The molecule has 2 aromatic rings. The van der Waals surface area contributed by atoms with Gasteiger partial charge in [0.25, 0.3) is 0 Å². The van der Waals surface area contributed by atoms with Crippen molar-refractivity contribution in [2.75, 3.05) is 0 Å². The third kappa shape index (κ3) is 3.87. The van der Waals surface area contributed by atoms with Crippen LogP contribution < -0.4 is 4.74 Å². The standard InChI is InChI=1S/C20H18Cl2O4/c1-11-2-9-16(18(22)17(11)21)19(23)12-3-6-14(7-4-12)26-15-8-5-13(10-15)20(24)25/h2-4,6-7,9,13,15H,5,8,10H2,1H3,(H,24,25)/t13-,15-/m0/s1. The first-order valence-electron chi connectivity index (χ1n) is 8.35. The molecular weight excluding hydrogens is 375 g/mol. The Bertz CT molecular complexity index is 846. The molecule has 0 heterocycles. The number of carbonyl (C=O) groups is 2. The number of ketones is 1. The lowest BCUT2D eigenvalue weighted by Gasteiger charge is -2.14. The lowest BCUT2D eigenvalue weighted by molar-refractivity contribution is -0.141. The van der Waals surface area contributed by atoms with Crippen LogP contribution in [0.15, 0.2) is 36.4 Å². The monoisotopic (exact) mass is 392 g/mol. The molecule has 6 heteroatoms. The highest BCUT2D eigenvalue weighted by molar-refractivity contribution is 6.44. The Morgan fingerprint density at radius 1 is 1.04 bits per heavy atom. The Morgan fingerprint density at radius 2 is 1.73 bits per heavy atom. The van der Waals surface area contributed by atoms with Crippen LogP contribution in [0.5, 0.6) is 5.75 Å². The summed E-state index contributed by atoms with van der Waals surface area (Å²) in [5.41, 5.74) is 1.65. The molecule has 0 bridgehead atoms. The predicted molar refractivity (Wildman–Crippen MR) is 100 cm³/mol. The molecule has 1 aliphatic rings. The van der Waals surface area contributed by atoms with Gasteiger partial charge in [-0.2, -0.15) is 0 Å². The van der Waals surface area contributed by atoms with Gasteiger partial charge in [0.1, 0.15) is 5.75 Å². The van der Waals surface area contributed by atoms with Gasteiger partial charge >= 0.3 is 5.97 Å². The number of hydrogen-bond acceptors (Lipinski definition) is 3. The minimum Gasteiger partial charge on any atom is -0.490 e. The fraction of sp³-hybridized carbons (Fsp3) is 0.300. The first kappa shape index (κ1) is 18.7. The van der Waals surface area contributed by atoms with E-state index in [0.717, 1.165) is 12.0 Å². The molecular formula is C20H18Cl2O4. The third-order valence-corrected chi connectivity index (χ3v) is 5.65. The SMILES string of the molecule is Cc1ccc(C(=O)c2ccc(O[C@H]3CC[C@H](C(=O)O)C3)cc2)c(Cl)c1Cl. The summed E-state index contributed by atoms with van der Waals surface area (Å²) in [7, 11) is 0. The predicted octanol–water partition coefficient (Wildman–Crippen LogP) is 5.16. The Balaban J connectivity index is 1.71. The average molecular weight is 393 g/mol. The van der Waals surface area contributed by atoms with Gasteiger partial charge in [-0.1, -0.05) is 29.3 Å². The Kier molecular flexibility index (Phi) is 5.54. The van der Waals surface area contributed by atoms with Gasteiger partial charge in [0.05, 0.1) is 22.1 Å². The topological polar surface area (TPSA) is 63.6 Å². The second-order valence-electron chi connectivity index (χ2n) is 6.50. The van der Waals surface area contributed by atoms with E-state index in [4.69, 9.17) is 33.0 Å². The largest absolute Gasteiger partial charge is 0.490 e. The first-order valence-corrected chi connectivity index (χ1v) is 9.11. The molecule has 26 heavy (non-hydrogen) atoms. The number of carboxylic acids is 1. The van der Waals surface area contributed by atoms with Gasteiger partial charge in [-0.15, -0.1) is 0 Å². The lowest BCUT2D eigenvalue weighted by Crippen LogP contribution is -2.15. The minimum absolute atomic E-state index is 0.108. The quantitative estimate of drug-likeness (QED) is 0.713. The van der Waals surface area contributed by atoms with Crippen LogP contribution in [0, 0.1) is 12.8 Å². The molecule has 1 aliphatic carbocycles. The lowest BCUT2D eigenvalue weighted by atomic mass is 10.0. The van der Waals surface area contributed by atoms with Crippen LogP contribution in [0.25, 0.3) is 0 Å². The zero-order chi connectivity index (χ0) is 18.8. The molecule has 2 aromatic carbocycles. The van der Waals surface area contributed by atoms with Crippen molar-refractivity contribution in [3.8, 4) is 5.75 Å². The number of carbonyl (C=O) groups excluding carboxylic acids is 1. The van der Waals surface area contributed by atoms with Gasteiger partial charge in [0.15, 0.2) is 5.78 Å². The van der Waals surface area contributed by atoms with Crippen LogP contribution in [0.4, 0.5) is 0 Å². The second kappa shape index (κ2) is 7.68. The van der Waals surface area contributed by atoms with Crippen molar-refractivity contribution in [1.29, 1.82) is 0 Å². The molecule has 3 rings (SSSR count). The van der Waals surface area contributed by atoms with E-state index in [1.807, 2.05) is 6.92 Å². The number of halogens is 2. The second-order valence-corrected chi connectivity index (χ2v) is 7.26. The van der Waals surface area contributed by atoms with Crippen LogP contribution >= 0.6 is 23.2 Å². The van der Waals surface area contributed by atoms with E-state index in [1.165, 1.54) is 0 Å². The van der Waals surface area contributed by atoms with Crippen molar-refractivity contribution in [3.05, 3.63) is 63.1 Å². The average Bonchev–Trinajstić information content (AvgIpc) is 3.09. The summed E-state index contributed by atoms with van der Waals surface area (Å²) < 4.78 is 5.83. The summed E-state index contributed by atoms with van der Waals surface area (Å²) in [5.74, 6) is -0.708. The maximum atomic E-state index is 12.7. The van der Waals surface area contributed by atoms with Crippen LogP contribution in [-0.4, -0.2) is 23.0 Å². The van der Waals surface area contributed by atoms with E-state index in [0.29, 0.717) is 34.7 Å². The molecule has 1 N–H and O–H groups in total. The molecule has 1 saturated carbocycles. The van der Waals surface area contributed by atoms with E-state index in [-0.39, 0.29) is 22.8 Å². The minimum atomic E-state index is -0.773. The van der Waals surface area contributed by atoms with Gasteiger partial charge in [-0.3, -0.25) is 9.59 Å². The normalized spacial score (nSPS) is 19.3. The van der Waals surface area contributed by atoms with Crippen molar-refractivity contribution >= 4 is 35.0 Å². The van der Waals surface area contributed by atoms with E-state index in [1.54, 1.807) is 36.4 Å². The van der Waals surface area contributed by atoms with E-state index >= 15 is 0 Å². The first-order chi connectivity index (χ1) is 12.4. The number of aryl methyl sites for hydroxylation is 1. The highest BCUT2D eigenvalue weighted by Crippen LogP contribution is 2.32. The summed E-state index contributed by atoms with van der Waals surface area (Å²) >= 11 is 12.3. The van der Waals surface area contributed by atoms with Crippen molar-refractivity contribution < 1.29 is 19.4 Å². The smallest absolute Gasteiger partial charge is 0.306 e. The van der Waals surface area contributed by atoms with Gasteiger partial charge in [-0.05, 0) is 62.1 Å². The number of ether oxygens (including phenoxy) is 1. The zero-order valence-electron chi connectivity index (χ0n) is 14.2. The summed E-state index contributed by atoms with van der Waals surface area (Å²) in [6, 6.07) is 10.2. The molecule has 0 amide bonds. The van der Waals surface area contributed by atoms with Crippen LogP contribution in [0.1, 0.15) is 40.7 Å². The Hall–Kier alpha value is -2.04. The summed E-state index contributed by atoms with van der Waals surface area (Å²) in [6.45, 7) is 1.83. The number of rotatable bonds is 5. The zero-order valence-corrected chi connectivity index (χ0v) is 15.7. The molecule has 4 nitrogen and oxygen atoms in total. The maximum Gasteiger partial charge on any atom is 0.306 e. The van der Waals surface area contributed by atoms with Crippen molar-refractivity contribution in [2.45, 2.75) is 32.3 Å². The molecule has 2 atom stereocenters. The van der Waals surface area contributed by atoms with Gasteiger partial charge in [0.2, 0.25) is 0 Å². The van der Waals surface area contributed by atoms with Crippen molar-refractivity contribution in [1.82, 2.24) is 0 Å². The Morgan fingerprint density at radius 3 is 2.35 bits per heavy atom. The third-order valence-electron chi connectivity index (χ3n) is 4.67. The molecule has 0 saturated heterocycles. The van der Waals surface area contributed by atoms with Crippen molar-refractivity contribution in [3.63, 3.8) is 0 Å². The van der Waals surface area contributed by atoms with E-state index < -0.39 is 5.97 Å². The highest BCUT2D eigenvalue weighted by Gasteiger charge is 2.31. The number of aliphatic carboxylic acids is 1. The summed E-state index contributed by atoms with van der Waals surface area (Å²) in [6.07, 6.45) is 1.74. The Labute approximate surface area is 161 Å². The van der Waals surface area contributed by atoms with Gasteiger partial charge in [-0.25, -0.2) is 0 Å². The number of carboxylic acid groups (broad SMARTS) is 1. The summed E-state index contributed by atoms with van der Waals surface area (Å²) in [5, 5.41) is 9.68. The van der Waals surface area contributed by atoms with Crippen LogP contribution in [0.2, 0.25) is 10.0 Å². The fourth-order valence-corrected chi connectivity index (χ4v) is 3.59. The van der Waals surface area contributed by atoms with Crippen molar-refractivity contribution in [2.24, 2.45) is 5.92 Å². The van der Waals surface area contributed by atoms with E-state index in [9.17, 15) is 9.59 Å². The van der Waals surface area contributed by atoms with Gasteiger partial charge < -0.3 is 9.84 Å². The van der Waals surface area contributed by atoms with E-state index in [2.05, 4.69) is 0 Å². The highest BCUT2D eigenvalue weighted by atomic mass is 35.5. The number of hydrogen-bond donors (Lipinski definition) is 1. The van der Waals surface area contributed by atoms with Crippen LogP contribution in [-0.2, 0) is 4.79 Å². The molecule has 0 radical (unpaired) electrons. The fourth-order valence-electron chi connectivity index (χ4n) is 3.13. The summed E-state index contributed by atoms with van der Waals surface area (Å²) in [4.78, 5) is 23.7. The molecule has 0 spiro atoms. The van der Waals surface area contributed by atoms with Crippen LogP contribution in [0.3, 0.4) is 0 Å². The maximum absolute atomic E-state index is 12.7. The van der Waals surface area contributed by atoms with Gasteiger partial charge in [0, 0.05) is 11.1 Å².